The predicted octanol–water partition coefficient (Wildman–Crippen LogP) is 4.65. The van der Waals surface area contributed by atoms with Crippen molar-refractivity contribution in [2.45, 2.75) is 11.8 Å². The van der Waals surface area contributed by atoms with Gasteiger partial charge in [-0.1, -0.05) is 35.9 Å². The molecule has 0 spiro atoms. The summed E-state index contributed by atoms with van der Waals surface area (Å²) in [5.74, 6) is 0. The molecule has 127 valence electrons. The van der Waals surface area contributed by atoms with Gasteiger partial charge in [0, 0.05) is 43.8 Å². The molecule has 4 rings (SSSR count). The average molecular weight is 435 g/mol. The van der Waals surface area contributed by atoms with E-state index in [1.165, 1.54) is 3.97 Å². The maximum atomic E-state index is 13.4. The molecule has 26 heavy (non-hydrogen) atoms. The molecule has 0 saturated carbocycles. The molecule has 3 aromatic carbocycles. The second-order valence-corrected chi connectivity index (χ2v) is 7.75. The molecule has 1 heterocycles. The summed E-state index contributed by atoms with van der Waals surface area (Å²) in [6.45, 7) is 1.94. The number of para-hydroxylation sites is 1. The molecule has 1 aromatic heterocycles. The summed E-state index contributed by atoms with van der Waals surface area (Å²) in [6.07, 6.45) is 0. The van der Waals surface area contributed by atoms with Crippen LogP contribution >= 0.6 is 0 Å². The molecule has 0 fully saturated rings. The molecule has 0 amide bonds. The van der Waals surface area contributed by atoms with Gasteiger partial charge in [0.15, 0.2) is 0 Å². The first-order valence-corrected chi connectivity index (χ1v) is 9.40. The van der Waals surface area contributed by atoms with Crippen molar-refractivity contribution in [2.24, 2.45) is 0 Å². The van der Waals surface area contributed by atoms with Crippen LogP contribution in [0.15, 0.2) is 83.8 Å². The quantitative estimate of drug-likeness (QED) is 0.440. The normalized spacial score (nSPS) is 11.3. The second kappa shape index (κ2) is 7.47. The fourth-order valence-corrected chi connectivity index (χ4v) is 4.50. The average Bonchev–Trinajstić information content (AvgIpc) is 3.03. The van der Waals surface area contributed by atoms with Crippen LogP contribution in [0.25, 0.3) is 22.2 Å². The standard InChI is InChI=1S/C21H16NO2S.Y/c1-16-11-13-19(14-12-16)25(23,24)22-20-10-6-5-9-18(20)15-21(22)17-7-3-2-4-8-17;/h3-15H,1H3;/q-1;. The molecule has 0 aliphatic rings. The van der Waals surface area contributed by atoms with Gasteiger partial charge < -0.3 is 0 Å². The Morgan fingerprint density at radius 3 is 2.23 bits per heavy atom. The Hall–Kier alpha value is -1.75. The van der Waals surface area contributed by atoms with Gasteiger partial charge in [0.1, 0.15) is 0 Å². The molecule has 0 atom stereocenters. The van der Waals surface area contributed by atoms with Crippen molar-refractivity contribution < 1.29 is 41.1 Å². The minimum Gasteiger partial charge on any atom is -0.235 e. The van der Waals surface area contributed by atoms with Crippen LogP contribution in [0.5, 0.6) is 0 Å². The number of hydrogen-bond donors (Lipinski definition) is 0. The van der Waals surface area contributed by atoms with Crippen LogP contribution in [0.1, 0.15) is 5.56 Å². The van der Waals surface area contributed by atoms with Crippen molar-refractivity contribution in [3.05, 3.63) is 90.5 Å². The van der Waals surface area contributed by atoms with E-state index in [0.717, 1.165) is 16.5 Å². The zero-order chi connectivity index (χ0) is 17.4. The topological polar surface area (TPSA) is 39.1 Å². The molecule has 0 saturated heterocycles. The predicted molar refractivity (Wildman–Crippen MR) is 100.0 cm³/mol. The maximum Gasteiger partial charge on any atom is 0.268 e. The van der Waals surface area contributed by atoms with E-state index >= 15 is 0 Å². The number of benzene rings is 3. The Morgan fingerprint density at radius 1 is 0.885 bits per heavy atom. The number of aryl methyl sites for hydroxylation is 1. The maximum absolute atomic E-state index is 13.4. The summed E-state index contributed by atoms with van der Waals surface area (Å²) in [7, 11) is -3.71. The molecule has 0 aliphatic heterocycles. The summed E-state index contributed by atoms with van der Waals surface area (Å²) in [4.78, 5) is 0.281. The molecule has 0 bridgehead atoms. The number of nitrogens with zero attached hydrogens (tertiary/aromatic N) is 1. The summed E-state index contributed by atoms with van der Waals surface area (Å²) < 4.78 is 28.2. The van der Waals surface area contributed by atoms with E-state index in [0.29, 0.717) is 11.2 Å². The van der Waals surface area contributed by atoms with Gasteiger partial charge in [-0.25, -0.2) is 12.4 Å². The number of hydrogen-bond acceptors (Lipinski definition) is 2. The smallest absolute Gasteiger partial charge is 0.235 e. The Bertz CT molecular complexity index is 1150. The SMILES string of the molecule is Cc1ccc(S(=O)(=O)n2c(-c3cc[c-]cc3)cc3ccccc32)cc1.[Y]. The first-order valence-electron chi connectivity index (χ1n) is 7.96. The molecule has 3 nitrogen and oxygen atoms in total. The molecule has 5 heteroatoms. The zero-order valence-electron chi connectivity index (χ0n) is 14.3. The van der Waals surface area contributed by atoms with Gasteiger partial charge in [-0.15, -0.1) is 5.56 Å². The van der Waals surface area contributed by atoms with E-state index in [2.05, 4.69) is 6.07 Å². The Kier molecular flexibility index (Phi) is 5.47. The molecule has 4 aromatic rings. The Balaban J connectivity index is 0.00000196. The van der Waals surface area contributed by atoms with E-state index in [9.17, 15) is 8.42 Å². The van der Waals surface area contributed by atoms with Gasteiger partial charge in [0.2, 0.25) is 0 Å². The summed E-state index contributed by atoms with van der Waals surface area (Å²) in [6, 6.07) is 26.7. The van der Waals surface area contributed by atoms with Gasteiger partial charge in [0.05, 0.1) is 10.4 Å². The van der Waals surface area contributed by atoms with Crippen LogP contribution in [0, 0.1) is 13.0 Å². The van der Waals surface area contributed by atoms with Crippen molar-refractivity contribution >= 4 is 20.9 Å². The van der Waals surface area contributed by atoms with Crippen molar-refractivity contribution in [3.63, 3.8) is 0 Å². The van der Waals surface area contributed by atoms with E-state index < -0.39 is 10.0 Å². The summed E-state index contributed by atoms with van der Waals surface area (Å²) in [5.41, 5.74) is 3.18. The van der Waals surface area contributed by atoms with Crippen molar-refractivity contribution in [1.29, 1.82) is 0 Å². The van der Waals surface area contributed by atoms with E-state index in [1.807, 2.05) is 61.5 Å². The minimum absolute atomic E-state index is 0. The van der Waals surface area contributed by atoms with E-state index in [1.54, 1.807) is 24.3 Å². The van der Waals surface area contributed by atoms with Gasteiger partial charge >= 0.3 is 0 Å². The Labute approximate surface area is 178 Å². The Morgan fingerprint density at radius 2 is 1.54 bits per heavy atom. The number of aromatic nitrogens is 1. The van der Waals surface area contributed by atoms with Crippen LogP contribution < -0.4 is 0 Å². The van der Waals surface area contributed by atoms with E-state index in [4.69, 9.17) is 0 Å². The van der Waals surface area contributed by atoms with Crippen LogP contribution in [-0.2, 0) is 42.7 Å². The van der Waals surface area contributed by atoms with Crippen LogP contribution in [0.2, 0.25) is 0 Å². The van der Waals surface area contributed by atoms with Crippen molar-refractivity contribution in [2.75, 3.05) is 0 Å². The number of fused-ring (bicyclic) bond motifs is 1. The third-order valence-electron chi connectivity index (χ3n) is 4.24. The third-order valence-corrected chi connectivity index (χ3v) is 5.98. The summed E-state index contributed by atoms with van der Waals surface area (Å²) >= 11 is 0. The fourth-order valence-electron chi connectivity index (χ4n) is 2.96. The monoisotopic (exact) mass is 435 g/mol. The zero-order valence-corrected chi connectivity index (χ0v) is 17.9. The van der Waals surface area contributed by atoms with Crippen molar-refractivity contribution in [1.82, 2.24) is 3.97 Å². The van der Waals surface area contributed by atoms with Crippen LogP contribution in [-0.4, -0.2) is 12.4 Å². The van der Waals surface area contributed by atoms with Gasteiger partial charge in [0.25, 0.3) is 10.0 Å². The molecular weight excluding hydrogens is 419 g/mol. The van der Waals surface area contributed by atoms with Crippen LogP contribution in [0.3, 0.4) is 0 Å². The van der Waals surface area contributed by atoms with Crippen molar-refractivity contribution in [3.8, 4) is 11.3 Å². The fraction of sp³-hybridized carbons (Fsp3) is 0.0476. The molecule has 0 N–H and O–H groups in total. The summed E-state index contributed by atoms with van der Waals surface area (Å²) in [5, 5.41) is 0.890. The first-order chi connectivity index (χ1) is 12.1. The second-order valence-electron chi connectivity index (χ2n) is 5.96. The number of rotatable bonds is 3. The van der Waals surface area contributed by atoms with Gasteiger partial charge in [-0.2, -0.15) is 30.3 Å². The van der Waals surface area contributed by atoms with E-state index in [-0.39, 0.29) is 37.6 Å². The van der Waals surface area contributed by atoms with Gasteiger partial charge in [-0.3, -0.25) is 0 Å². The minimum atomic E-state index is -3.71. The van der Waals surface area contributed by atoms with Crippen LogP contribution in [0.4, 0.5) is 0 Å². The molecule has 1 radical (unpaired) electrons. The van der Waals surface area contributed by atoms with Gasteiger partial charge in [-0.05, 0) is 31.2 Å². The molecular formula is C21H16NO2SY-. The third kappa shape index (κ3) is 3.29. The first kappa shape index (κ1) is 19.0. The molecule has 0 aliphatic carbocycles. The molecule has 0 unspecified atom stereocenters. The largest absolute Gasteiger partial charge is 0.268 e.